The van der Waals surface area contributed by atoms with E-state index in [1.54, 1.807) is 6.20 Å². The smallest absolute Gasteiger partial charge is 0.258 e. The quantitative estimate of drug-likeness (QED) is 0.462. The number of unbranched alkanes of at least 4 members (excludes halogenated alkanes) is 1. The SMILES string of the molecule is NC(CCCCN1CCOCC1)CCCN1C(=O)c2cccc3c(-c4ccn[nH]4)ccc1c23. The van der Waals surface area contributed by atoms with Crippen LogP contribution in [0, 0.1) is 0 Å². The molecule has 1 fully saturated rings. The molecule has 7 nitrogen and oxygen atoms in total. The Hall–Kier alpha value is -2.74. The number of ether oxygens (including phenoxy) is 1. The van der Waals surface area contributed by atoms with E-state index in [9.17, 15) is 4.79 Å². The zero-order chi connectivity index (χ0) is 22.6. The largest absolute Gasteiger partial charge is 0.379 e. The van der Waals surface area contributed by atoms with E-state index >= 15 is 0 Å². The molecule has 3 heterocycles. The van der Waals surface area contributed by atoms with Gasteiger partial charge in [-0.1, -0.05) is 24.6 Å². The Balaban J connectivity index is 1.16. The summed E-state index contributed by atoms with van der Waals surface area (Å²) in [5, 5.41) is 9.25. The lowest BCUT2D eigenvalue weighted by molar-refractivity contribution is 0.0371. The summed E-state index contributed by atoms with van der Waals surface area (Å²) in [7, 11) is 0. The summed E-state index contributed by atoms with van der Waals surface area (Å²) < 4.78 is 5.41. The molecule has 0 bridgehead atoms. The zero-order valence-electron chi connectivity index (χ0n) is 19.1. The first-order valence-electron chi connectivity index (χ1n) is 12.2. The molecule has 3 N–H and O–H groups in total. The van der Waals surface area contributed by atoms with Crippen LogP contribution in [-0.4, -0.2) is 66.4 Å². The maximum atomic E-state index is 13.2. The predicted octanol–water partition coefficient (Wildman–Crippen LogP) is 3.80. The van der Waals surface area contributed by atoms with Crippen molar-refractivity contribution in [1.82, 2.24) is 15.1 Å². The molecule has 7 heteroatoms. The fraction of sp³-hybridized carbons (Fsp3) is 0.462. The van der Waals surface area contributed by atoms with Crippen LogP contribution in [0.1, 0.15) is 42.5 Å². The molecule has 5 rings (SSSR count). The summed E-state index contributed by atoms with van der Waals surface area (Å²) >= 11 is 0. The van der Waals surface area contributed by atoms with Crippen molar-refractivity contribution in [3.05, 3.63) is 48.2 Å². The number of hydrogen-bond acceptors (Lipinski definition) is 5. The lowest BCUT2D eigenvalue weighted by Crippen LogP contribution is -2.36. The molecule has 1 amide bonds. The highest BCUT2D eigenvalue weighted by molar-refractivity contribution is 6.26. The van der Waals surface area contributed by atoms with Crippen molar-refractivity contribution in [3.63, 3.8) is 0 Å². The number of amides is 1. The molecule has 2 aliphatic heterocycles. The Labute approximate surface area is 194 Å². The Morgan fingerprint density at radius 2 is 1.85 bits per heavy atom. The van der Waals surface area contributed by atoms with E-state index < -0.39 is 0 Å². The first-order valence-corrected chi connectivity index (χ1v) is 12.2. The normalized spacial score (nSPS) is 17.2. The molecule has 1 atom stereocenters. The fourth-order valence-electron chi connectivity index (χ4n) is 5.13. The van der Waals surface area contributed by atoms with Gasteiger partial charge in [0.2, 0.25) is 0 Å². The number of morpholine rings is 1. The fourth-order valence-corrected chi connectivity index (χ4v) is 5.13. The maximum absolute atomic E-state index is 13.2. The topological polar surface area (TPSA) is 87.5 Å². The molecular formula is C26H33N5O2. The van der Waals surface area contributed by atoms with Crippen LogP contribution in [0.15, 0.2) is 42.6 Å². The lowest BCUT2D eigenvalue weighted by atomic mass is 9.99. The molecule has 3 aromatic rings. The molecule has 0 aliphatic carbocycles. The van der Waals surface area contributed by atoms with Gasteiger partial charge in [0.15, 0.2) is 0 Å². The van der Waals surface area contributed by atoms with Crippen LogP contribution in [0.2, 0.25) is 0 Å². The van der Waals surface area contributed by atoms with Gasteiger partial charge in [-0.25, -0.2) is 0 Å². The Morgan fingerprint density at radius 3 is 2.67 bits per heavy atom. The summed E-state index contributed by atoms with van der Waals surface area (Å²) in [6.45, 7) is 5.66. The van der Waals surface area contributed by atoms with Gasteiger partial charge in [-0.3, -0.25) is 14.8 Å². The van der Waals surface area contributed by atoms with Crippen LogP contribution in [0.5, 0.6) is 0 Å². The van der Waals surface area contributed by atoms with Crippen LogP contribution < -0.4 is 10.6 Å². The number of nitrogens with two attached hydrogens (primary N) is 1. The number of benzene rings is 2. The van der Waals surface area contributed by atoms with Gasteiger partial charge in [0, 0.05) is 48.4 Å². The van der Waals surface area contributed by atoms with Crippen molar-refractivity contribution in [1.29, 1.82) is 0 Å². The number of carbonyl (C=O) groups is 1. The molecule has 174 valence electrons. The van der Waals surface area contributed by atoms with Crippen molar-refractivity contribution >= 4 is 22.4 Å². The Bertz CT molecular complexity index is 1090. The summed E-state index contributed by atoms with van der Waals surface area (Å²) in [5.74, 6) is 0.0939. The average Bonchev–Trinajstić information content (AvgIpc) is 3.47. The lowest BCUT2D eigenvalue weighted by Gasteiger charge is -2.26. The molecule has 1 aromatic heterocycles. The van der Waals surface area contributed by atoms with Crippen LogP contribution in [-0.2, 0) is 4.74 Å². The van der Waals surface area contributed by atoms with Gasteiger partial charge in [-0.05, 0) is 55.8 Å². The van der Waals surface area contributed by atoms with E-state index in [0.717, 1.165) is 91.8 Å². The molecule has 33 heavy (non-hydrogen) atoms. The molecule has 0 radical (unpaired) electrons. The van der Waals surface area contributed by atoms with Crippen molar-refractivity contribution in [2.24, 2.45) is 5.73 Å². The number of hydrogen-bond donors (Lipinski definition) is 2. The highest BCUT2D eigenvalue weighted by Crippen LogP contribution is 2.41. The van der Waals surface area contributed by atoms with Crippen LogP contribution in [0.4, 0.5) is 5.69 Å². The number of rotatable bonds is 10. The first kappa shape index (κ1) is 22.1. The van der Waals surface area contributed by atoms with E-state index in [4.69, 9.17) is 10.5 Å². The first-order chi connectivity index (χ1) is 16.2. The van der Waals surface area contributed by atoms with E-state index in [1.165, 1.54) is 6.42 Å². The van der Waals surface area contributed by atoms with Crippen molar-refractivity contribution in [3.8, 4) is 11.3 Å². The Morgan fingerprint density at radius 1 is 1.00 bits per heavy atom. The number of H-pyrrole nitrogens is 1. The minimum Gasteiger partial charge on any atom is -0.379 e. The molecule has 0 saturated carbocycles. The summed E-state index contributed by atoms with van der Waals surface area (Å²) in [4.78, 5) is 17.6. The second-order valence-corrected chi connectivity index (χ2v) is 9.14. The van der Waals surface area contributed by atoms with Crippen molar-refractivity contribution in [2.45, 2.75) is 38.1 Å². The van der Waals surface area contributed by atoms with Gasteiger partial charge in [-0.2, -0.15) is 5.10 Å². The second kappa shape index (κ2) is 10.0. The van der Waals surface area contributed by atoms with Crippen LogP contribution in [0.25, 0.3) is 22.0 Å². The van der Waals surface area contributed by atoms with E-state index in [2.05, 4.69) is 33.3 Å². The van der Waals surface area contributed by atoms with Gasteiger partial charge in [0.25, 0.3) is 5.91 Å². The second-order valence-electron chi connectivity index (χ2n) is 9.14. The third kappa shape index (κ3) is 4.67. The minimum atomic E-state index is 0.0939. The number of nitrogens with one attached hydrogen (secondary N) is 1. The number of nitrogens with zero attached hydrogens (tertiary/aromatic N) is 3. The summed E-state index contributed by atoms with van der Waals surface area (Å²) in [5.41, 5.74) is 10.2. The average molecular weight is 448 g/mol. The minimum absolute atomic E-state index is 0.0939. The van der Waals surface area contributed by atoms with Gasteiger partial charge in [-0.15, -0.1) is 0 Å². The predicted molar refractivity (Wildman–Crippen MR) is 132 cm³/mol. The molecular weight excluding hydrogens is 414 g/mol. The van der Waals surface area contributed by atoms with E-state index in [0.29, 0.717) is 6.54 Å². The summed E-state index contributed by atoms with van der Waals surface area (Å²) in [6.07, 6.45) is 6.99. The van der Waals surface area contributed by atoms with E-state index in [1.807, 2.05) is 23.1 Å². The molecule has 1 unspecified atom stereocenters. The van der Waals surface area contributed by atoms with Gasteiger partial charge in [0.05, 0.1) is 24.6 Å². The molecule has 2 aliphatic rings. The third-order valence-corrected chi connectivity index (χ3v) is 6.94. The highest BCUT2D eigenvalue weighted by Gasteiger charge is 2.30. The third-order valence-electron chi connectivity index (χ3n) is 6.94. The monoisotopic (exact) mass is 447 g/mol. The van der Waals surface area contributed by atoms with Gasteiger partial charge >= 0.3 is 0 Å². The van der Waals surface area contributed by atoms with E-state index in [-0.39, 0.29) is 11.9 Å². The molecule has 1 saturated heterocycles. The van der Waals surface area contributed by atoms with Crippen LogP contribution >= 0.6 is 0 Å². The molecule has 0 spiro atoms. The standard InChI is InChI=1S/C26H33N5O2/c27-19(5-1-2-13-30-15-17-33-18-16-30)6-4-14-31-24-10-9-20(23-11-12-28-29-23)21-7-3-8-22(25(21)24)26(31)32/h3,7-12,19H,1-2,4-6,13-18,27H2,(H,28,29). The van der Waals surface area contributed by atoms with Gasteiger partial charge < -0.3 is 15.4 Å². The maximum Gasteiger partial charge on any atom is 0.258 e. The molecule has 2 aromatic carbocycles. The summed E-state index contributed by atoms with van der Waals surface area (Å²) in [6, 6.07) is 12.3. The number of carbonyl (C=O) groups excluding carboxylic acids is 1. The number of anilines is 1. The van der Waals surface area contributed by atoms with Crippen LogP contribution in [0.3, 0.4) is 0 Å². The zero-order valence-corrected chi connectivity index (χ0v) is 19.1. The van der Waals surface area contributed by atoms with Gasteiger partial charge in [0.1, 0.15) is 0 Å². The number of aromatic amines is 1. The van der Waals surface area contributed by atoms with Crippen molar-refractivity contribution < 1.29 is 9.53 Å². The van der Waals surface area contributed by atoms with Crippen molar-refractivity contribution in [2.75, 3.05) is 44.3 Å². The highest BCUT2D eigenvalue weighted by atomic mass is 16.5. The number of aromatic nitrogens is 2. The Kier molecular flexibility index (Phi) is 6.71.